The molecule has 2 saturated heterocycles. The van der Waals surface area contributed by atoms with Crippen molar-refractivity contribution in [1.82, 2.24) is 10.2 Å². The third kappa shape index (κ3) is 3.25. The van der Waals surface area contributed by atoms with Crippen molar-refractivity contribution in [2.75, 3.05) is 18.1 Å². The number of rotatable bonds is 4. The minimum Gasteiger partial charge on any atom is -0.376 e. The topological polar surface area (TPSA) is 79.0 Å². The molecule has 7 heteroatoms. The van der Waals surface area contributed by atoms with E-state index in [4.69, 9.17) is 4.74 Å². The minimum absolute atomic E-state index is 0.0783. The molecule has 30 heavy (non-hydrogen) atoms. The van der Waals surface area contributed by atoms with Gasteiger partial charge in [0.1, 0.15) is 6.04 Å². The van der Waals surface area contributed by atoms with Crippen molar-refractivity contribution in [2.24, 2.45) is 0 Å². The summed E-state index contributed by atoms with van der Waals surface area (Å²) in [5.74, 6) is -0.408. The molecule has 3 aliphatic heterocycles. The zero-order valence-corrected chi connectivity index (χ0v) is 16.5. The fourth-order valence-corrected chi connectivity index (χ4v) is 4.43. The Labute approximate surface area is 174 Å². The first-order valence-corrected chi connectivity index (χ1v) is 10.3. The van der Waals surface area contributed by atoms with Crippen molar-refractivity contribution in [3.05, 3.63) is 65.2 Å². The van der Waals surface area contributed by atoms with E-state index in [2.05, 4.69) is 5.32 Å². The van der Waals surface area contributed by atoms with Gasteiger partial charge in [0.25, 0.3) is 11.8 Å². The van der Waals surface area contributed by atoms with Gasteiger partial charge in [-0.3, -0.25) is 9.59 Å². The zero-order valence-electron chi connectivity index (χ0n) is 16.5. The number of nitrogens with one attached hydrogen (secondary N) is 1. The number of ether oxygens (including phenoxy) is 1. The van der Waals surface area contributed by atoms with Crippen molar-refractivity contribution >= 4 is 23.5 Å². The Hall–Kier alpha value is -3.19. The Kier molecular flexibility index (Phi) is 4.75. The third-order valence-corrected chi connectivity index (χ3v) is 6.09. The van der Waals surface area contributed by atoms with Gasteiger partial charge in [0, 0.05) is 31.7 Å². The maximum atomic E-state index is 13.0. The highest BCUT2D eigenvalue weighted by Crippen LogP contribution is 2.32. The van der Waals surface area contributed by atoms with Gasteiger partial charge in [0.15, 0.2) is 0 Å². The highest BCUT2D eigenvalue weighted by atomic mass is 16.5. The second-order valence-electron chi connectivity index (χ2n) is 7.96. The van der Waals surface area contributed by atoms with Gasteiger partial charge < -0.3 is 15.0 Å². The third-order valence-electron chi connectivity index (χ3n) is 6.09. The van der Waals surface area contributed by atoms with Gasteiger partial charge >= 0.3 is 6.03 Å². The molecule has 0 aliphatic carbocycles. The van der Waals surface area contributed by atoms with Crippen molar-refractivity contribution < 1.29 is 19.1 Å². The van der Waals surface area contributed by atoms with Crippen LogP contribution in [0.2, 0.25) is 0 Å². The number of fused-ring (bicyclic) bond motifs is 2. The monoisotopic (exact) mass is 405 g/mol. The number of anilines is 1. The smallest absolute Gasteiger partial charge is 0.332 e. The minimum atomic E-state index is -0.471. The average molecular weight is 405 g/mol. The maximum absolute atomic E-state index is 13.0. The molecule has 0 bridgehead atoms. The van der Waals surface area contributed by atoms with Gasteiger partial charge in [-0.15, -0.1) is 0 Å². The number of carbonyl (C=O) groups is 3. The number of nitrogens with zero attached hydrogens (tertiary/aromatic N) is 2. The second-order valence-corrected chi connectivity index (χ2v) is 7.96. The Balaban J connectivity index is 1.29. The molecule has 2 atom stereocenters. The maximum Gasteiger partial charge on any atom is 0.332 e. The number of amides is 4. The average Bonchev–Trinajstić information content (AvgIpc) is 3.38. The van der Waals surface area contributed by atoms with Crippen LogP contribution in [0.1, 0.15) is 34.3 Å². The van der Waals surface area contributed by atoms with Crippen LogP contribution in [0.4, 0.5) is 10.5 Å². The largest absolute Gasteiger partial charge is 0.376 e. The summed E-state index contributed by atoms with van der Waals surface area (Å²) in [6.45, 7) is 1.67. The van der Waals surface area contributed by atoms with Crippen LogP contribution in [0.5, 0.6) is 0 Å². The summed E-state index contributed by atoms with van der Waals surface area (Å²) in [5.41, 5.74) is 3.16. The summed E-state index contributed by atoms with van der Waals surface area (Å²) < 4.78 is 5.52. The second kappa shape index (κ2) is 7.57. The molecule has 7 nitrogen and oxygen atoms in total. The molecule has 154 valence electrons. The number of hydrogen-bond donors (Lipinski definition) is 1. The van der Waals surface area contributed by atoms with E-state index < -0.39 is 6.04 Å². The molecule has 0 saturated carbocycles. The summed E-state index contributed by atoms with van der Waals surface area (Å²) in [4.78, 5) is 41.2. The van der Waals surface area contributed by atoms with Crippen LogP contribution in [-0.4, -0.2) is 48.0 Å². The van der Waals surface area contributed by atoms with E-state index in [9.17, 15) is 14.4 Å². The van der Waals surface area contributed by atoms with Crippen LogP contribution in [-0.2, 0) is 22.5 Å². The number of hydrogen-bond acceptors (Lipinski definition) is 4. The number of benzene rings is 2. The molecule has 2 aromatic carbocycles. The van der Waals surface area contributed by atoms with Gasteiger partial charge in [-0.25, -0.2) is 9.69 Å². The lowest BCUT2D eigenvalue weighted by molar-refractivity contribution is -0.120. The molecule has 0 spiro atoms. The van der Waals surface area contributed by atoms with E-state index in [0.717, 1.165) is 30.6 Å². The van der Waals surface area contributed by atoms with E-state index in [1.807, 2.05) is 24.3 Å². The predicted molar refractivity (Wildman–Crippen MR) is 110 cm³/mol. The van der Waals surface area contributed by atoms with Crippen molar-refractivity contribution in [3.8, 4) is 0 Å². The molecule has 4 amide bonds. The van der Waals surface area contributed by atoms with Gasteiger partial charge in [0.05, 0.1) is 11.8 Å². The SMILES string of the molecule is O=C(NC[C@@H]1CCCO1)c1ccc(N2C(=O)[C@@H]3Cc4ccccc4CN3C2=O)cc1. The predicted octanol–water partition coefficient (Wildman–Crippen LogP) is 2.49. The molecule has 0 radical (unpaired) electrons. The summed E-state index contributed by atoms with van der Waals surface area (Å²) in [6.07, 6.45) is 2.59. The lowest BCUT2D eigenvalue weighted by Gasteiger charge is -2.28. The normalized spacial score (nSPS) is 22.8. The van der Waals surface area contributed by atoms with Gasteiger partial charge in [-0.1, -0.05) is 24.3 Å². The first kappa shape index (κ1) is 18.8. The van der Waals surface area contributed by atoms with Crippen LogP contribution < -0.4 is 10.2 Å². The molecule has 0 aromatic heterocycles. The van der Waals surface area contributed by atoms with Crippen LogP contribution >= 0.6 is 0 Å². The van der Waals surface area contributed by atoms with E-state index in [1.54, 1.807) is 29.2 Å². The van der Waals surface area contributed by atoms with E-state index in [0.29, 0.717) is 30.8 Å². The van der Waals surface area contributed by atoms with Crippen LogP contribution in [0.15, 0.2) is 48.5 Å². The fourth-order valence-electron chi connectivity index (χ4n) is 4.43. The summed E-state index contributed by atoms with van der Waals surface area (Å²) in [7, 11) is 0. The van der Waals surface area contributed by atoms with Crippen molar-refractivity contribution in [2.45, 2.75) is 38.0 Å². The fraction of sp³-hybridized carbons (Fsp3) is 0.348. The van der Waals surface area contributed by atoms with Crippen molar-refractivity contribution in [3.63, 3.8) is 0 Å². The highest BCUT2D eigenvalue weighted by molar-refractivity contribution is 6.21. The van der Waals surface area contributed by atoms with Crippen LogP contribution in [0.25, 0.3) is 0 Å². The molecular formula is C23H23N3O4. The van der Waals surface area contributed by atoms with E-state index in [-0.39, 0.29) is 23.9 Å². The zero-order chi connectivity index (χ0) is 20.7. The molecule has 5 rings (SSSR count). The number of carbonyl (C=O) groups excluding carboxylic acids is 3. The molecule has 3 aliphatic rings. The van der Waals surface area contributed by atoms with Gasteiger partial charge in [-0.2, -0.15) is 0 Å². The Morgan fingerprint density at radius 1 is 1.07 bits per heavy atom. The quantitative estimate of drug-likeness (QED) is 0.793. The lowest BCUT2D eigenvalue weighted by atomic mass is 9.95. The Bertz CT molecular complexity index is 955. The van der Waals surface area contributed by atoms with Crippen LogP contribution in [0.3, 0.4) is 0 Å². The molecule has 2 fully saturated rings. The lowest BCUT2D eigenvalue weighted by Crippen LogP contribution is -2.39. The molecule has 0 unspecified atom stereocenters. The first-order chi connectivity index (χ1) is 14.6. The van der Waals surface area contributed by atoms with Gasteiger partial charge in [0.2, 0.25) is 0 Å². The standard InChI is InChI=1S/C23H23N3O4/c27-21(24-13-19-6-3-11-30-19)15-7-9-18(10-8-15)26-22(28)20-12-16-4-1-2-5-17(16)14-25(20)23(26)29/h1-2,4-5,7-10,19-20H,3,6,11-14H2,(H,24,27)/t19-,20-/m0/s1. The summed E-state index contributed by atoms with van der Waals surface area (Å²) >= 11 is 0. The Morgan fingerprint density at radius 2 is 1.83 bits per heavy atom. The summed E-state index contributed by atoms with van der Waals surface area (Å²) in [5, 5.41) is 2.88. The molecule has 3 heterocycles. The van der Waals surface area contributed by atoms with Gasteiger partial charge in [-0.05, 0) is 48.2 Å². The van der Waals surface area contributed by atoms with Crippen molar-refractivity contribution in [1.29, 1.82) is 0 Å². The molecule has 1 N–H and O–H groups in total. The molecule has 2 aromatic rings. The first-order valence-electron chi connectivity index (χ1n) is 10.3. The van der Waals surface area contributed by atoms with E-state index >= 15 is 0 Å². The number of imide groups is 1. The number of urea groups is 1. The summed E-state index contributed by atoms with van der Waals surface area (Å²) in [6, 6.07) is 13.7. The highest BCUT2D eigenvalue weighted by Gasteiger charge is 2.47. The van der Waals surface area contributed by atoms with Crippen LogP contribution in [0, 0.1) is 0 Å². The Morgan fingerprint density at radius 3 is 2.57 bits per heavy atom. The van der Waals surface area contributed by atoms with E-state index in [1.165, 1.54) is 4.90 Å². The molecular weight excluding hydrogens is 382 g/mol.